The fraction of sp³-hybridized carbons (Fsp3) is 0.647. The molecule has 1 saturated heterocycles. The number of aliphatic hydroxyl groups is 1. The maximum Gasteiger partial charge on any atom is 0.161 e. The molecule has 1 aromatic carbocycles. The van der Waals surface area contributed by atoms with Crippen LogP contribution in [0.3, 0.4) is 0 Å². The molecular formula is C17H28N2O3. The van der Waals surface area contributed by atoms with Gasteiger partial charge in [-0.05, 0) is 57.6 Å². The van der Waals surface area contributed by atoms with Crippen LogP contribution in [0.15, 0.2) is 18.2 Å². The number of aliphatic hydroxyl groups excluding tert-OH is 1. The Bertz CT molecular complexity index is 459. The maximum absolute atomic E-state index is 8.86. The number of ether oxygens (including phenoxy) is 2. The van der Waals surface area contributed by atoms with E-state index in [2.05, 4.69) is 30.3 Å². The van der Waals surface area contributed by atoms with Gasteiger partial charge < -0.3 is 24.8 Å². The van der Waals surface area contributed by atoms with Crippen LogP contribution >= 0.6 is 0 Å². The Hall–Kier alpha value is -1.30. The molecule has 0 aliphatic carbocycles. The summed E-state index contributed by atoms with van der Waals surface area (Å²) < 4.78 is 10.9. The van der Waals surface area contributed by atoms with Gasteiger partial charge >= 0.3 is 0 Å². The summed E-state index contributed by atoms with van der Waals surface area (Å²) in [6.07, 6.45) is 2.38. The van der Waals surface area contributed by atoms with E-state index in [0.29, 0.717) is 17.5 Å². The first-order valence-electron chi connectivity index (χ1n) is 8.00. The molecular weight excluding hydrogens is 280 g/mol. The summed E-state index contributed by atoms with van der Waals surface area (Å²) in [7, 11) is 3.82. The standard InChI is InChI=1S/C17H28N2O3/c1-13(18-15-6-8-19(2)9-7-15)14-4-5-16(22-11-10-20)17(12-14)21-3/h4-5,12-13,15,18,20H,6-11H2,1-3H3. The molecule has 0 bridgehead atoms. The van der Waals surface area contributed by atoms with Crippen molar-refractivity contribution in [3.8, 4) is 11.5 Å². The first kappa shape index (κ1) is 17.1. The Morgan fingerprint density at radius 2 is 2.05 bits per heavy atom. The van der Waals surface area contributed by atoms with Crippen LogP contribution in [0.1, 0.15) is 31.4 Å². The van der Waals surface area contributed by atoms with Gasteiger partial charge in [-0.2, -0.15) is 0 Å². The maximum atomic E-state index is 8.86. The molecule has 0 amide bonds. The van der Waals surface area contributed by atoms with Crippen molar-refractivity contribution >= 4 is 0 Å². The van der Waals surface area contributed by atoms with E-state index in [1.54, 1.807) is 7.11 Å². The van der Waals surface area contributed by atoms with E-state index < -0.39 is 0 Å². The highest BCUT2D eigenvalue weighted by Gasteiger charge is 2.19. The molecule has 1 heterocycles. The summed E-state index contributed by atoms with van der Waals surface area (Å²) in [6, 6.07) is 6.83. The van der Waals surface area contributed by atoms with Crippen molar-refractivity contribution in [2.45, 2.75) is 31.8 Å². The molecule has 0 aromatic heterocycles. The van der Waals surface area contributed by atoms with Crippen molar-refractivity contribution in [3.05, 3.63) is 23.8 Å². The highest BCUT2D eigenvalue weighted by Crippen LogP contribution is 2.30. The number of methoxy groups -OCH3 is 1. The van der Waals surface area contributed by atoms with Crippen LogP contribution in [0.5, 0.6) is 11.5 Å². The van der Waals surface area contributed by atoms with Gasteiger partial charge in [0.15, 0.2) is 11.5 Å². The van der Waals surface area contributed by atoms with Crippen molar-refractivity contribution < 1.29 is 14.6 Å². The summed E-state index contributed by atoms with van der Waals surface area (Å²) in [4.78, 5) is 2.37. The molecule has 1 atom stereocenters. The van der Waals surface area contributed by atoms with Gasteiger partial charge in [0.25, 0.3) is 0 Å². The van der Waals surface area contributed by atoms with E-state index in [-0.39, 0.29) is 19.3 Å². The Kier molecular flexibility index (Phi) is 6.49. The molecule has 1 aliphatic heterocycles. The molecule has 2 rings (SSSR count). The van der Waals surface area contributed by atoms with Crippen LogP contribution in [-0.4, -0.2) is 56.5 Å². The molecule has 22 heavy (non-hydrogen) atoms. The zero-order valence-electron chi connectivity index (χ0n) is 13.8. The zero-order valence-corrected chi connectivity index (χ0v) is 13.8. The van der Waals surface area contributed by atoms with Crippen molar-refractivity contribution in [3.63, 3.8) is 0 Å². The Morgan fingerprint density at radius 1 is 1.32 bits per heavy atom. The predicted octanol–water partition coefficient (Wildman–Crippen LogP) is 1.81. The van der Waals surface area contributed by atoms with Crippen LogP contribution < -0.4 is 14.8 Å². The minimum atomic E-state index is -0.00100. The van der Waals surface area contributed by atoms with E-state index in [1.165, 1.54) is 18.4 Å². The molecule has 0 radical (unpaired) electrons. The van der Waals surface area contributed by atoms with E-state index in [4.69, 9.17) is 14.6 Å². The molecule has 5 heteroatoms. The third kappa shape index (κ3) is 4.60. The first-order chi connectivity index (χ1) is 10.6. The summed E-state index contributed by atoms with van der Waals surface area (Å²) in [5.41, 5.74) is 1.19. The summed E-state index contributed by atoms with van der Waals surface area (Å²) >= 11 is 0. The lowest BCUT2D eigenvalue weighted by atomic mass is 10.0. The van der Waals surface area contributed by atoms with Crippen molar-refractivity contribution in [1.82, 2.24) is 10.2 Å². The SMILES string of the molecule is COc1cc(C(C)NC2CCN(C)CC2)ccc1OCCO. The van der Waals surface area contributed by atoms with Crippen LogP contribution in [-0.2, 0) is 0 Å². The number of rotatable bonds is 7. The summed E-state index contributed by atoms with van der Waals surface area (Å²) in [6.45, 7) is 4.77. The van der Waals surface area contributed by atoms with Crippen LogP contribution in [0.2, 0.25) is 0 Å². The van der Waals surface area contributed by atoms with Crippen LogP contribution in [0.25, 0.3) is 0 Å². The van der Waals surface area contributed by atoms with E-state index in [1.807, 2.05) is 12.1 Å². The second-order valence-corrected chi connectivity index (χ2v) is 5.95. The molecule has 1 unspecified atom stereocenters. The molecule has 124 valence electrons. The van der Waals surface area contributed by atoms with Gasteiger partial charge in [-0.25, -0.2) is 0 Å². The zero-order chi connectivity index (χ0) is 15.9. The topological polar surface area (TPSA) is 54.0 Å². The molecule has 1 fully saturated rings. The second-order valence-electron chi connectivity index (χ2n) is 5.95. The molecule has 1 aliphatic rings. The predicted molar refractivity (Wildman–Crippen MR) is 87.6 cm³/mol. The molecule has 0 spiro atoms. The lowest BCUT2D eigenvalue weighted by Crippen LogP contribution is -2.41. The molecule has 2 N–H and O–H groups in total. The average molecular weight is 308 g/mol. The fourth-order valence-corrected chi connectivity index (χ4v) is 2.85. The van der Waals surface area contributed by atoms with Gasteiger partial charge in [0.1, 0.15) is 6.61 Å². The lowest BCUT2D eigenvalue weighted by molar-refractivity contribution is 0.196. The van der Waals surface area contributed by atoms with Gasteiger partial charge in [-0.1, -0.05) is 6.07 Å². The smallest absolute Gasteiger partial charge is 0.161 e. The van der Waals surface area contributed by atoms with E-state index in [0.717, 1.165) is 13.1 Å². The van der Waals surface area contributed by atoms with Crippen molar-refractivity contribution in [1.29, 1.82) is 0 Å². The normalized spacial score (nSPS) is 18.2. The van der Waals surface area contributed by atoms with Crippen LogP contribution in [0.4, 0.5) is 0 Å². The van der Waals surface area contributed by atoms with Gasteiger partial charge in [0.05, 0.1) is 13.7 Å². The molecule has 1 aromatic rings. The highest BCUT2D eigenvalue weighted by molar-refractivity contribution is 5.43. The number of benzene rings is 1. The third-order valence-electron chi connectivity index (χ3n) is 4.24. The third-order valence-corrected chi connectivity index (χ3v) is 4.24. The first-order valence-corrected chi connectivity index (χ1v) is 8.00. The highest BCUT2D eigenvalue weighted by atomic mass is 16.5. The van der Waals surface area contributed by atoms with Gasteiger partial charge in [0.2, 0.25) is 0 Å². The second kappa shape index (κ2) is 8.36. The van der Waals surface area contributed by atoms with Gasteiger partial charge in [-0.15, -0.1) is 0 Å². The Balaban J connectivity index is 1.98. The Morgan fingerprint density at radius 3 is 2.68 bits per heavy atom. The number of piperidine rings is 1. The van der Waals surface area contributed by atoms with Gasteiger partial charge in [0, 0.05) is 12.1 Å². The lowest BCUT2D eigenvalue weighted by Gasteiger charge is -2.31. The number of nitrogens with zero attached hydrogens (tertiary/aromatic N) is 1. The monoisotopic (exact) mass is 308 g/mol. The number of likely N-dealkylation sites (tertiary alicyclic amines) is 1. The fourth-order valence-electron chi connectivity index (χ4n) is 2.85. The minimum Gasteiger partial charge on any atom is -0.493 e. The minimum absolute atomic E-state index is 0.00100. The van der Waals surface area contributed by atoms with E-state index >= 15 is 0 Å². The van der Waals surface area contributed by atoms with Gasteiger partial charge in [-0.3, -0.25) is 0 Å². The number of nitrogens with one attached hydrogen (secondary N) is 1. The largest absolute Gasteiger partial charge is 0.493 e. The van der Waals surface area contributed by atoms with Crippen molar-refractivity contribution in [2.75, 3.05) is 40.5 Å². The van der Waals surface area contributed by atoms with Crippen LogP contribution in [0, 0.1) is 0 Å². The molecule has 0 saturated carbocycles. The van der Waals surface area contributed by atoms with Crippen molar-refractivity contribution in [2.24, 2.45) is 0 Å². The summed E-state index contributed by atoms with van der Waals surface area (Å²) in [5, 5.41) is 12.6. The van der Waals surface area contributed by atoms with E-state index in [9.17, 15) is 0 Å². The Labute approximate surface area is 133 Å². The summed E-state index contributed by atoms with van der Waals surface area (Å²) in [5.74, 6) is 1.38. The average Bonchev–Trinajstić information content (AvgIpc) is 2.54. The number of hydrogen-bond donors (Lipinski definition) is 2. The molecule has 5 nitrogen and oxygen atoms in total. The number of hydrogen-bond acceptors (Lipinski definition) is 5. The quantitative estimate of drug-likeness (QED) is 0.804.